The van der Waals surface area contributed by atoms with E-state index < -0.39 is 29.7 Å². The molecule has 0 unspecified atom stereocenters. The lowest BCUT2D eigenvalue weighted by Gasteiger charge is -2.34. The summed E-state index contributed by atoms with van der Waals surface area (Å²) in [5, 5.41) is 2.56. The van der Waals surface area contributed by atoms with Crippen LogP contribution in [0.3, 0.4) is 0 Å². The number of hydrogen-bond acceptors (Lipinski definition) is 3. The van der Waals surface area contributed by atoms with Gasteiger partial charge in [0.15, 0.2) is 0 Å². The molecule has 1 aliphatic heterocycles. The zero-order chi connectivity index (χ0) is 16.4. The number of carbonyl (C=O) groups excluding carboxylic acids is 2. The first-order valence-corrected chi connectivity index (χ1v) is 6.72. The zero-order valence-corrected chi connectivity index (χ0v) is 12.4. The maximum absolute atomic E-state index is 14.0. The molecule has 1 atom stereocenters. The first-order chi connectivity index (χ1) is 10.4. The zero-order valence-electron chi connectivity index (χ0n) is 12.4. The average molecular weight is 310 g/mol. The van der Waals surface area contributed by atoms with Crippen molar-refractivity contribution in [1.29, 1.82) is 0 Å². The number of methoxy groups -OCH3 is 1. The Kier molecular flexibility index (Phi) is 4.44. The van der Waals surface area contributed by atoms with Gasteiger partial charge in [-0.25, -0.2) is 18.4 Å². The van der Waals surface area contributed by atoms with Crippen molar-refractivity contribution < 1.29 is 23.1 Å². The second-order valence-electron chi connectivity index (χ2n) is 4.78. The Morgan fingerprint density at radius 3 is 2.64 bits per heavy atom. The van der Waals surface area contributed by atoms with Crippen molar-refractivity contribution in [1.82, 2.24) is 10.2 Å². The van der Waals surface area contributed by atoms with Crippen molar-refractivity contribution in [3.63, 3.8) is 0 Å². The molecule has 0 aliphatic carbocycles. The number of ether oxygens (including phenoxy) is 1. The number of rotatable bonds is 3. The van der Waals surface area contributed by atoms with Crippen LogP contribution < -0.4 is 5.32 Å². The Morgan fingerprint density at radius 1 is 1.41 bits per heavy atom. The number of benzene rings is 1. The van der Waals surface area contributed by atoms with Crippen LogP contribution in [-0.4, -0.2) is 30.6 Å². The molecule has 118 valence electrons. The quantitative estimate of drug-likeness (QED) is 0.873. The molecule has 0 radical (unpaired) electrons. The summed E-state index contributed by atoms with van der Waals surface area (Å²) in [4.78, 5) is 25.5. The van der Waals surface area contributed by atoms with Crippen LogP contribution >= 0.6 is 0 Å². The Morgan fingerprint density at radius 2 is 2.09 bits per heavy atom. The third-order valence-electron chi connectivity index (χ3n) is 3.59. The van der Waals surface area contributed by atoms with Gasteiger partial charge in [0.2, 0.25) is 0 Å². The van der Waals surface area contributed by atoms with Gasteiger partial charge in [-0.2, -0.15) is 0 Å². The second kappa shape index (κ2) is 6.13. The smallest absolute Gasteiger partial charge is 0.337 e. The van der Waals surface area contributed by atoms with Gasteiger partial charge in [-0.3, -0.25) is 4.90 Å². The molecule has 1 heterocycles. The van der Waals surface area contributed by atoms with E-state index in [2.05, 4.69) is 5.32 Å². The summed E-state index contributed by atoms with van der Waals surface area (Å²) in [6.07, 6.45) is 0. The largest absolute Gasteiger partial charge is 0.466 e. The second-order valence-corrected chi connectivity index (χ2v) is 4.78. The lowest BCUT2D eigenvalue weighted by Crippen LogP contribution is -2.48. The average Bonchev–Trinajstić information content (AvgIpc) is 2.46. The Balaban J connectivity index is 2.60. The van der Waals surface area contributed by atoms with Crippen molar-refractivity contribution >= 4 is 12.0 Å². The molecule has 0 saturated heterocycles. The summed E-state index contributed by atoms with van der Waals surface area (Å²) >= 11 is 0. The van der Waals surface area contributed by atoms with Gasteiger partial charge in [-0.1, -0.05) is 6.07 Å². The molecule has 1 N–H and O–H groups in total. The standard InChI is InChI=1S/C15H16F2N2O3/c1-4-19-8(2)12(14(20)22-3)13(18-15(19)21)10-6-5-9(16)7-11(10)17/h5-7,13H,4H2,1-3H3,(H,18,21)/t13-/m0/s1. The van der Waals surface area contributed by atoms with Gasteiger partial charge >= 0.3 is 12.0 Å². The van der Waals surface area contributed by atoms with E-state index in [-0.39, 0.29) is 11.1 Å². The van der Waals surface area contributed by atoms with Crippen LogP contribution in [0, 0.1) is 11.6 Å². The summed E-state index contributed by atoms with van der Waals surface area (Å²) in [5.41, 5.74) is 0.506. The molecule has 5 nitrogen and oxygen atoms in total. The van der Waals surface area contributed by atoms with Gasteiger partial charge in [0.25, 0.3) is 0 Å². The van der Waals surface area contributed by atoms with Gasteiger partial charge in [0, 0.05) is 23.9 Å². The molecule has 0 aromatic heterocycles. The summed E-state index contributed by atoms with van der Waals surface area (Å²) in [7, 11) is 1.20. The molecule has 0 fully saturated rings. The highest BCUT2D eigenvalue weighted by atomic mass is 19.1. The van der Waals surface area contributed by atoms with E-state index in [9.17, 15) is 18.4 Å². The lowest BCUT2D eigenvalue weighted by molar-refractivity contribution is -0.136. The number of nitrogens with zero attached hydrogens (tertiary/aromatic N) is 1. The monoisotopic (exact) mass is 310 g/mol. The predicted molar refractivity (Wildman–Crippen MR) is 74.7 cm³/mol. The fraction of sp³-hybridized carbons (Fsp3) is 0.333. The number of urea groups is 1. The molecule has 2 rings (SSSR count). The number of allylic oxidation sites excluding steroid dienone is 1. The van der Waals surface area contributed by atoms with Crippen molar-refractivity contribution in [2.45, 2.75) is 19.9 Å². The van der Waals surface area contributed by atoms with E-state index in [4.69, 9.17) is 4.74 Å². The van der Waals surface area contributed by atoms with Crippen LogP contribution in [0.4, 0.5) is 13.6 Å². The van der Waals surface area contributed by atoms with Crippen molar-refractivity contribution in [3.05, 3.63) is 46.7 Å². The normalized spacial score (nSPS) is 18.3. The van der Waals surface area contributed by atoms with E-state index in [1.54, 1.807) is 13.8 Å². The molecule has 0 bridgehead atoms. The highest BCUT2D eigenvalue weighted by molar-refractivity contribution is 5.95. The van der Waals surface area contributed by atoms with E-state index in [1.165, 1.54) is 18.1 Å². The third-order valence-corrected chi connectivity index (χ3v) is 3.59. The molecule has 2 amide bonds. The third kappa shape index (κ3) is 2.66. The van der Waals surface area contributed by atoms with Gasteiger partial charge in [-0.05, 0) is 19.9 Å². The highest BCUT2D eigenvalue weighted by Gasteiger charge is 2.36. The molecule has 22 heavy (non-hydrogen) atoms. The molecular weight excluding hydrogens is 294 g/mol. The van der Waals surface area contributed by atoms with Crippen LogP contribution in [-0.2, 0) is 9.53 Å². The van der Waals surface area contributed by atoms with Crippen LogP contribution in [0.25, 0.3) is 0 Å². The van der Waals surface area contributed by atoms with Crippen LogP contribution in [0.15, 0.2) is 29.5 Å². The fourth-order valence-corrected chi connectivity index (χ4v) is 2.51. The number of hydrogen-bond donors (Lipinski definition) is 1. The Labute approximate surface area is 126 Å². The number of nitrogens with one attached hydrogen (secondary N) is 1. The minimum absolute atomic E-state index is 0.00486. The summed E-state index contributed by atoms with van der Waals surface area (Å²) < 4.78 is 31.8. The highest BCUT2D eigenvalue weighted by Crippen LogP contribution is 2.32. The predicted octanol–water partition coefficient (Wildman–Crippen LogP) is 2.50. The van der Waals surface area contributed by atoms with Gasteiger partial charge in [0.05, 0.1) is 18.7 Å². The molecule has 7 heteroatoms. The van der Waals surface area contributed by atoms with Gasteiger partial charge in [-0.15, -0.1) is 0 Å². The molecule has 0 spiro atoms. The number of amides is 2. The van der Waals surface area contributed by atoms with Gasteiger partial charge < -0.3 is 10.1 Å². The minimum Gasteiger partial charge on any atom is -0.466 e. The Hall–Kier alpha value is -2.44. The van der Waals surface area contributed by atoms with Crippen LogP contribution in [0.5, 0.6) is 0 Å². The maximum Gasteiger partial charge on any atom is 0.337 e. The van der Waals surface area contributed by atoms with Crippen LogP contribution in [0.2, 0.25) is 0 Å². The van der Waals surface area contributed by atoms with Crippen molar-refractivity contribution in [2.75, 3.05) is 13.7 Å². The first kappa shape index (κ1) is 15.9. The number of carbonyl (C=O) groups is 2. The summed E-state index contributed by atoms with van der Waals surface area (Å²) in [6, 6.07) is 1.50. The molecule has 1 aromatic carbocycles. The number of esters is 1. The van der Waals surface area contributed by atoms with E-state index >= 15 is 0 Å². The summed E-state index contributed by atoms with van der Waals surface area (Å²) in [6.45, 7) is 3.68. The van der Waals surface area contributed by atoms with Crippen molar-refractivity contribution in [2.24, 2.45) is 0 Å². The molecule has 1 aromatic rings. The topological polar surface area (TPSA) is 58.6 Å². The van der Waals surface area contributed by atoms with Gasteiger partial charge in [0.1, 0.15) is 11.6 Å². The number of halogens is 2. The van der Waals surface area contributed by atoms with Crippen molar-refractivity contribution in [3.8, 4) is 0 Å². The van der Waals surface area contributed by atoms with E-state index in [0.717, 1.165) is 6.07 Å². The SMILES string of the molecule is CCN1C(=O)N[C@@H](c2ccc(F)cc2F)C(C(=O)OC)=C1C. The van der Waals surface area contributed by atoms with E-state index in [0.29, 0.717) is 18.3 Å². The van der Waals surface area contributed by atoms with E-state index in [1.807, 2.05) is 0 Å². The summed E-state index contributed by atoms with van der Waals surface area (Å²) in [5.74, 6) is -2.26. The maximum atomic E-state index is 14.0. The Bertz CT molecular complexity index is 658. The van der Waals surface area contributed by atoms with Crippen LogP contribution in [0.1, 0.15) is 25.5 Å². The minimum atomic E-state index is -1.02. The lowest BCUT2D eigenvalue weighted by atomic mass is 9.94. The molecular formula is C15H16F2N2O3. The molecule has 1 aliphatic rings. The first-order valence-electron chi connectivity index (χ1n) is 6.72. The fourth-order valence-electron chi connectivity index (χ4n) is 2.51. The molecule has 0 saturated carbocycles.